The van der Waals surface area contributed by atoms with Crippen molar-refractivity contribution in [3.8, 4) is 5.75 Å². The lowest BCUT2D eigenvalue weighted by Gasteiger charge is -2.35. The maximum Gasteiger partial charge on any atom is 0.306 e. The Bertz CT molecular complexity index is 1130. The predicted octanol–water partition coefficient (Wildman–Crippen LogP) is 5.46. The largest absolute Gasteiger partial charge is 0.489 e. The molecule has 1 heterocycles. The van der Waals surface area contributed by atoms with Crippen LogP contribution < -0.4 is 4.74 Å². The Balaban J connectivity index is 1.42. The normalized spacial score (nSPS) is 20.7. The molecule has 204 valence electrons. The Kier molecular flexibility index (Phi) is 9.39. The molecule has 2 aromatic carbocycles. The zero-order valence-corrected chi connectivity index (χ0v) is 22.3. The highest BCUT2D eigenvalue weighted by atomic mass is 35.5. The fraction of sp³-hybridized carbons (Fsp3) is 0.483. The summed E-state index contributed by atoms with van der Waals surface area (Å²) in [6.07, 6.45) is 3.49. The predicted molar refractivity (Wildman–Crippen MR) is 141 cm³/mol. The van der Waals surface area contributed by atoms with Gasteiger partial charge in [0.25, 0.3) is 0 Å². The van der Waals surface area contributed by atoms with Crippen molar-refractivity contribution >= 4 is 29.4 Å². The summed E-state index contributed by atoms with van der Waals surface area (Å²) < 4.78 is 20.5. The molecule has 1 aliphatic heterocycles. The monoisotopic (exact) mass is 544 g/mol. The molecule has 0 unspecified atom stereocenters. The number of hydrogen-bond acceptors (Lipinski definition) is 5. The molecule has 0 radical (unpaired) electrons. The van der Waals surface area contributed by atoms with Gasteiger partial charge in [0.2, 0.25) is 11.8 Å². The maximum atomic E-state index is 14.9. The van der Waals surface area contributed by atoms with Gasteiger partial charge in [-0.05, 0) is 73.9 Å². The zero-order chi connectivity index (χ0) is 27.2. The lowest BCUT2D eigenvalue weighted by Crippen LogP contribution is -2.34. The quantitative estimate of drug-likeness (QED) is 0.378. The van der Waals surface area contributed by atoms with Gasteiger partial charge in [-0.25, -0.2) is 4.39 Å². The molecule has 38 heavy (non-hydrogen) atoms. The number of nitrogens with zero attached hydrogens (tertiary/aromatic N) is 2. The number of hydrogen-bond donors (Lipinski definition) is 1. The second kappa shape index (κ2) is 12.7. The van der Waals surface area contributed by atoms with Crippen LogP contribution in [0.2, 0.25) is 5.02 Å². The first-order valence-corrected chi connectivity index (χ1v) is 13.6. The van der Waals surface area contributed by atoms with Crippen LogP contribution in [0.4, 0.5) is 4.39 Å². The SMILES string of the molecule is C[C@@H](c1ccc(Cl)cc1)N(Cc1ccc(OCCN2C(=O)CCC2=O)c(F)c1)C[C@H]1CC[C@H](C(=O)O)CC1. The fourth-order valence-electron chi connectivity index (χ4n) is 5.35. The van der Waals surface area contributed by atoms with Crippen LogP contribution in [0.3, 0.4) is 0 Å². The summed E-state index contributed by atoms with van der Waals surface area (Å²) in [6.45, 7) is 3.53. The number of carboxylic acid groups (broad SMARTS) is 1. The minimum atomic E-state index is -0.716. The molecule has 9 heteroatoms. The number of carbonyl (C=O) groups is 3. The number of aliphatic carboxylic acids is 1. The molecule has 7 nitrogen and oxygen atoms in total. The molecule has 2 fully saturated rings. The van der Waals surface area contributed by atoms with Crippen molar-refractivity contribution in [2.45, 2.75) is 58.0 Å². The Morgan fingerprint density at radius 1 is 1.11 bits per heavy atom. The van der Waals surface area contributed by atoms with Gasteiger partial charge in [-0.1, -0.05) is 29.8 Å². The van der Waals surface area contributed by atoms with Crippen molar-refractivity contribution in [2.75, 3.05) is 19.7 Å². The van der Waals surface area contributed by atoms with Crippen molar-refractivity contribution in [1.82, 2.24) is 9.80 Å². The van der Waals surface area contributed by atoms with Gasteiger partial charge in [0.15, 0.2) is 11.6 Å². The summed E-state index contributed by atoms with van der Waals surface area (Å²) in [7, 11) is 0. The van der Waals surface area contributed by atoms with Gasteiger partial charge in [-0.3, -0.25) is 24.2 Å². The molecule has 4 rings (SSSR count). The summed E-state index contributed by atoms with van der Waals surface area (Å²) in [6, 6.07) is 12.6. The topological polar surface area (TPSA) is 87.2 Å². The fourth-order valence-corrected chi connectivity index (χ4v) is 5.47. The first-order valence-electron chi connectivity index (χ1n) is 13.2. The molecular weight excluding hydrogens is 511 g/mol. The van der Waals surface area contributed by atoms with E-state index in [0.717, 1.165) is 35.4 Å². The summed E-state index contributed by atoms with van der Waals surface area (Å²) in [5, 5.41) is 10.0. The average Bonchev–Trinajstić information content (AvgIpc) is 3.22. The van der Waals surface area contributed by atoms with Gasteiger partial charge in [0.1, 0.15) is 6.61 Å². The Morgan fingerprint density at radius 3 is 2.37 bits per heavy atom. The van der Waals surface area contributed by atoms with E-state index in [0.29, 0.717) is 30.3 Å². The highest BCUT2D eigenvalue weighted by molar-refractivity contribution is 6.30. The first kappa shape index (κ1) is 28.0. The van der Waals surface area contributed by atoms with E-state index in [9.17, 15) is 23.9 Å². The molecule has 2 aromatic rings. The number of imide groups is 1. The molecule has 0 spiro atoms. The highest BCUT2D eigenvalue weighted by Gasteiger charge is 2.30. The van der Waals surface area contributed by atoms with Crippen LogP contribution >= 0.6 is 11.6 Å². The molecular formula is C29H34ClFN2O5. The maximum absolute atomic E-state index is 14.9. The number of benzene rings is 2. The lowest BCUT2D eigenvalue weighted by molar-refractivity contribution is -0.143. The Labute approximate surface area is 227 Å². The van der Waals surface area contributed by atoms with Crippen LogP contribution in [0.25, 0.3) is 0 Å². The van der Waals surface area contributed by atoms with E-state index in [1.54, 1.807) is 6.07 Å². The van der Waals surface area contributed by atoms with Crippen LogP contribution in [-0.2, 0) is 20.9 Å². The summed E-state index contributed by atoms with van der Waals surface area (Å²) in [5.74, 6) is -1.48. The molecule has 1 N–H and O–H groups in total. The van der Waals surface area contributed by atoms with Crippen LogP contribution in [-0.4, -0.2) is 52.4 Å². The second-order valence-electron chi connectivity index (χ2n) is 10.3. The molecule has 0 aromatic heterocycles. The molecule has 2 aliphatic rings. The van der Waals surface area contributed by atoms with Gasteiger partial charge in [-0.2, -0.15) is 0 Å². The van der Waals surface area contributed by atoms with Crippen molar-refractivity contribution in [1.29, 1.82) is 0 Å². The second-order valence-corrected chi connectivity index (χ2v) is 10.7. The summed E-state index contributed by atoms with van der Waals surface area (Å²) in [5.41, 5.74) is 1.89. The van der Waals surface area contributed by atoms with Gasteiger partial charge in [0.05, 0.1) is 12.5 Å². The van der Waals surface area contributed by atoms with E-state index in [1.165, 1.54) is 6.07 Å². The van der Waals surface area contributed by atoms with Crippen LogP contribution in [0, 0.1) is 17.7 Å². The first-order chi connectivity index (χ1) is 18.2. The van der Waals surface area contributed by atoms with E-state index >= 15 is 0 Å². The number of halogens is 2. The van der Waals surface area contributed by atoms with Gasteiger partial charge in [0, 0.05) is 37.0 Å². The Morgan fingerprint density at radius 2 is 1.76 bits per heavy atom. The van der Waals surface area contributed by atoms with Gasteiger partial charge < -0.3 is 9.84 Å². The molecule has 2 amide bonds. The van der Waals surface area contributed by atoms with Crippen molar-refractivity contribution < 1.29 is 28.6 Å². The van der Waals surface area contributed by atoms with E-state index in [2.05, 4.69) is 11.8 Å². The van der Waals surface area contributed by atoms with Gasteiger partial charge in [-0.15, -0.1) is 0 Å². The number of amides is 2. The van der Waals surface area contributed by atoms with Crippen LogP contribution in [0.15, 0.2) is 42.5 Å². The summed E-state index contributed by atoms with van der Waals surface area (Å²) in [4.78, 5) is 38.3. The highest BCUT2D eigenvalue weighted by Crippen LogP contribution is 2.33. The molecule has 1 aliphatic carbocycles. The number of likely N-dealkylation sites (tertiary alicyclic amines) is 1. The third-order valence-corrected chi connectivity index (χ3v) is 7.95. The zero-order valence-electron chi connectivity index (χ0n) is 21.6. The molecule has 1 saturated carbocycles. The minimum absolute atomic E-state index is 0.0342. The lowest BCUT2D eigenvalue weighted by atomic mass is 9.81. The van der Waals surface area contributed by atoms with E-state index in [-0.39, 0.29) is 55.5 Å². The average molecular weight is 545 g/mol. The van der Waals surface area contributed by atoms with Gasteiger partial charge >= 0.3 is 5.97 Å². The molecule has 1 atom stereocenters. The van der Waals surface area contributed by atoms with Crippen molar-refractivity contribution in [3.05, 3.63) is 64.4 Å². The minimum Gasteiger partial charge on any atom is -0.489 e. The third kappa shape index (κ3) is 7.11. The van der Waals surface area contributed by atoms with E-state index in [4.69, 9.17) is 16.3 Å². The van der Waals surface area contributed by atoms with Crippen LogP contribution in [0.1, 0.15) is 62.6 Å². The van der Waals surface area contributed by atoms with Crippen molar-refractivity contribution in [2.24, 2.45) is 11.8 Å². The standard InChI is InChI=1S/C29H34ClFN2O5/c1-19(22-7-9-24(30)10-8-22)32(17-20-2-5-23(6-3-20)29(36)37)18-21-4-11-26(25(31)16-21)38-15-14-33-27(34)12-13-28(33)35/h4,7-11,16,19-20,23H,2-3,5-6,12-15,17-18H2,1H3,(H,36,37)/t19-,20-,23-/m0/s1. The number of ether oxygens (including phenoxy) is 1. The number of rotatable bonds is 11. The molecule has 1 saturated heterocycles. The van der Waals surface area contributed by atoms with Crippen molar-refractivity contribution in [3.63, 3.8) is 0 Å². The van der Waals surface area contributed by atoms with Crippen LogP contribution in [0.5, 0.6) is 5.75 Å². The molecule has 0 bridgehead atoms. The smallest absolute Gasteiger partial charge is 0.306 e. The third-order valence-electron chi connectivity index (χ3n) is 7.70. The van der Waals surface area contributed by atoms with E-state index in [1.807, 2.05) is 30.3 Å². The van der Waals surface area contributed by atoms with E-state index < -0.39 is 11.8 Å². The number of carbonyl (C=O) groups excluding carboxylic acids is 2. The number of carboxylic acids is 1. The Hall–Kier alpha value is -2.97. The summed E-state index contributed by atoms with van der Waals surface area (Å²) >= 11 is 6.09.